The number of aromatic nitrogens is 3. The molecule has 0 unspecified atom stereocenters. The number of rotatable bonds is 6. The van der Waals surface area contributed by atoms with E-state index in [0.717, 1.165) is 46.3 Å². The lowest BCUT2D eigenvalue weighted by atomic mass is 10.0. The Balaban J connectivity index is 1.88. The van der Waals surface area contributed by atoms with Crippen molar-refractivity contribution in [3.05, 3.63) is 59.7 Å². The van der Waals surface area contributed by atoms with E-state index in [1.807, 2.05) is 24.3 Å². The second-order valence-corrected chi connectivity index (χ2v) is 10.7. The number of fused-ring (bicyclic) bond motifs is 3. The standard InChI is InChI=1S/C21H19Br3N4O2S/c1-2-3-6-9-31-21-26-20(30)17-11-7-4-5-8-14(11)25-19(28(17)27-21)15-12(22)10-13(23)18(29)16(15)24/h4-5,7-8,10,19H,2-3,6,9H2,1H3,(H2,26,27,29,30)/p+1/t19-/m1/s1. The van der Waals surface area contributed by atoms with Crippen LogP contribution in [0.5, 0.6) is 5.75 Å². The monoisotopic (exact) mass is 629 g/mol. The van der Waals surface area contributed by atoms with Crippen molar-refractivity contribution in [3.8, 4) is 17.0 Å². The van der Waals surface area contributed by atoms with Gasteiger partial charge in [-0.15, -0.1) is 0 Å². The minimum atomic E-state index is -0.509. The zero-order valence-electron chi connectivity index (χ0n) is 16.6. The smallest absolute Gasteiger partial charge is 0.325 e. The second-order valence-electron chi connectivity index (χ2n) is 7.12. The third-order valence-corrected chi connectivity index (χ3v) is 8.04. The van der Waals surface area contributed by atoms with Crippen LogP contribution in [0.3, 0.4) is 0 Å². The van der Waals surface area contributed by atoms with Gasteiger partial charge < -0.3 is 10.4 Å². The van der Waals surface area contributed by atoms with Crippen molar-refractivity contribution in [2.45, 2.75) is 37.5 Å². The molecule has 1 aliphatic rings. The Kier molecular flexibility index (Phi) is 7.10. The number of aromatic amines is 1. The predicted octanol–water partition coefficient (Wildman–Crippen LogP) is 5.97. The fourth-order valence-electron chi connectivity index (χ4n) is 3.52. The van der Waals surface area contributed by atoms with E-state index in [9.17, 15) is 9.90 Å². The number of nitrogens with zero attached hydrogens (tertiary/aromatic N) is 2. The molecule has 31 heavy (non-hydrogen) atoms. The van der Waals surface area contributed by atoms with Crippen LogP contribution in [0.4, 0.5) is 5.69 Å². The van der Waals surface area contributed by atoms with Gasteiger partial charge in [0.15, 0.2) is 0 Å². The van der Waals surface area contributed by atoms with E-state index in [1.165, 1.54) is 0 Å². The van der Waals surface area contributed by atoms with Crippen molar-refractivity contribution >= 4 is 65.2 Å². The van der Waals surface area contributed by atoms with Gasteiger partial charge in [-0.3, -0.25) is 9.78 Å². The van der Waals surface area contributed by atoms with Gasteiger partial charge in [-0.05, 0) is 61.2 Å². The maximum absolute atomic E-state index is 13.2. The Morgan fingerprint density at radius 3 is 2.74 bits per heavy atom. The van der Waals surface area contributed by atoms with Gasteiger partial charge >= 0.3 is 11.3 Å². The summed E-state index contributed by atoms with van der Waals surface area (Å²) in [6.07, 6.45) is 2.84. The molecule has 0 amide bonds. The number of H-pyrrole nitrogens is 1. The first-order valence-corrected chi connectivity index (χ1v) is 13.2. The van der Waals surface area contributed by atoms with E-state index < -0.39 is 6.17 Å². The van der Waals surface area contributed by atoms with Gasteiger partial charge in [0.05, 0.1) is 25.8 Å². The lowest BCUT2D eigenvalue weighted by Crippen LogP contribution is -2.55. The normalized spacial score (nSPS) is 14.6. The van der Waals surface area contributed by atoms with Crippen LogP contribution in [0, 0.1) is 0 Å². The first-order valence-electron chi connectivity index (χ1n) is 9.83. The van der Waals surface area contributed by atoms with Crippen LogP contribution in [-0.4, -0.2) is 20.9 Å². The number of aromatic hydroxyl groups is 1. The number of nitrogens with one attached hydrogen (secondary N) is 2. The average molecular weight is 632 g/mol. The Hall–Kier alpha value is -1.36. The van der Waals surface area contributed by atoms with E-state index in [4.69, 9.17) is 5.10 Å². The summed E-state index contributed by atoms with van der Waals surface area (Å²) in [5, 5.41) is 19.4. The third-order valence-electron chi connectivity index (χ3n) is 5.02. The van der Waals surface area contributed by atoms with Gasteiger partial charge in [-0.2, -0.15) is 0 Å². The summed E-state index contributed by atoms with van der Waals surface area (Å²) in [6.45, 7) is 2.16. The van der Waals surface area contributed by atoms with Gasteiger partial charge in [0.25, 0.3) is 6.17 Å². The molecular weight excluding hydrogens is 612 g/mol. The van der Waals surface area contributed by atoms with Crippen molar-refractivity contribution in [3.63, 3.8) is 0 Å². The number of benzene rings is 2. The summed E-state index contributed by atoms with van der Waals surface area (Å²) in [5.41, 5.74) is 2.62. The highest BCUT2D eigenvalue weighted by molar-refractivity contribution is 9.11. The summed E-state index contributed by atoms with van der Waals surface area (Å²) in [4.78, 5) is 16.1. The molecule has 0 saturated heterocycles. The number of unbranched alkanes of at least 4 members (excludes halogenated alkanes) is 2. The molecule has 10 heteroatoms. The molecule has 0 radical (unpaired) electrons. The van der Waals surface area contributed by atoms with Crippen LogP contribution in [-0.2, 0) is 0 Å². The topological polar surface area (TPSA) is 81.9 Å². The minimum Gasteiger partial charge on any atom is -0.506 e. The van der Waals surface area contributed by atoms with Gasteiger partial charge in [0, 0.05) is 15.3 Å². The second kappa shape index (κ2) is 9.64. The van der Waals surface area contributed by atoms with E-state index in [0.29, 0.717) is 19.8 Å². The van der Waals surface area contributed by atoms with Crippen LogP contribution in [0.25, 0.3) is 11.3 Å². The molecule has 1 atom stereocenters. The molecule has 1 aliphatic heterocycles. The van der Waals surface area contributed by atoms with E-state index in [2.05, 4.69) is 65.0 Å². The third kappa shape index (κ3) is 4.44. The van der Waals surface area contributed by atoms with Gasteiger partial charge in [0.1, 0.15) is 5.75 Å². The number of para-hydroxylation sites is 1. The van der Waals surface area contributed by atoms with Gasteiger partial charge in [0.2, 0.25) is 5.16 Å². The van der Waals surface area contributed by atoms with Crippen molar-refractivity contribution in [2.24, 2.45) is 0 Å². The molecule has 0 aliphatic carbocycles. The molecule has 2 heterocycles. The van der Waals surface area contributed by atoms with Crippen molar-refractivity contribution in [1.82, 2.24) is 10.1 Å². The van der Waals surface area contributed by atoms with Crippen molar-refractivity contribution in [1.29, 1.82) is 0 Å². The Morgan fingerprint density at radius 2 is 1.97 bits per heavy atom. The van der Waals surface area contributed by atoms with Crippen molar-refractivity contribution < 1.29 is 9.79 Å². The molecular formula is C21H20Br3N4O2S+. The van der Waals surface area contributed by atoms with Crippen LogP contribution in [0.15, 0.2) is 53.7 Å². The molecule has 162 valence electrons. The molecule has 0 bridgehead atoms. The number of phenolic OH excluding ortho intramolecular Hbond substituents is 1. The summed E-state index contributed by atoms with van der Waals surface area (Å²) in [5.74, 6) is 0.970. The van der Waals surface area contributed by atoms with Gasteiger partial charge in [-0.1, -0.05) is 59.6 Å². The maximum atomic E-state index is 13.2. The van der Waals surface area contributed by atoms with Crippen LogP contribution in [0.2, 0.25) is 0 Å². The number of hydrogen-bond acceptors (Lipinski definition) is 5. The highest BCUT2D eigenvalue weighted by Crippen LogP contribution is 2.43. The molecule has 1 aromatic heterocycles. The zero-order chi connectivity index (χ0) is 22.1. The fraction of sp³-hybridized carbons (Fsp3) is 0.286. The number of anilines is 1. The van der Waals surface area contributed by atoms with E-state index in [1.54, 1.807) is 22.5 Å². The maximum Gasteiger partial charge on any atom is 0.325 e. The largest absolute Gasteiger partial charge is 0.506 e. The highest BCUT2D eigenvalue weighted by Gasteiger charge is 2.40. The lowest BCUT2D eigenvalue weighted by molar-refractivity contribution is -0.759. The van der Waals surface area contributed by atoms with E-state index >= 15 is 0 Å². The van der Waals surface area contributed by atoms with Crippen molar-refractivity contribution in [2.75, 3.05) is 11.1 Å². The Bertz CT molecular complexity index is 1200. The zero-order valence-corrected chi connectivity index (χ0v) is 22.2. The molecule has 0 fully saturated rings. The molecule has 0 saturated carbocycles. The highest BCUT2D eigenvalue weighted by atomic mass is 79.9. The predicted molar refractivity (Wildman–Crippen MR) is 134 cm³/mol. The molecule has 4 rings (SSSR count). The summed E-state index contributed by atoms with van der Waals surface area (Å²) in [7, 11) is 0. The fourth-order valence-corrected chi connectivity index (χ4v) is 6.92. The van der Waals surface area contributed by atoms with E-state index in [-0.39, 0.29) is 11.3 Å². The molecule has 3 aromatic rings. The Morgan fingerprint density at radius 1 is 1.19 bits per heavy atom. The SMILES string of the molecule is CCCCCSc1n[n+]2c(c(=O)[nH]1)-c1ccccc1N[C@H]2c1c(Br)cc(Br)c(O)c1Br. The van der Waals surface area contributed by atoms with Gasteiger partial charge in [-0.25, -0.2) is 0 Å². The van der Waals surface area contributed by atoms with Crippen LogP contribution < -0.4 is 15.6 Å². The lowest BCUT2D eigenvalue weighted by Gasteiger charge is -2.24. The molecule has 6 nitrogen and oxygen atoms in total. The molecule has 2 aromatic carbocycles. The quantitative estimate of drug-likeness (QED) is 0.177. The average Bonchev–Trinajstić information content (AvgIpc) is 2.75. The minimum absolute atomic E-state index is 0.0833. The number of hydrogen-bond donors (Lipinski definition) is 3. The van der Waals surface area contributed by atoms with Crippen LogP contribution >= 0.6 is 59.6 Å². The molecule has 0 spiro atoms. The number of phenols is 1. The number of halogens is 3. The summed E-state index contributed by atoms with van der Waals surface area (Å²) in [6, 6.07) is 9.43. The van der Waals surface area contributed by atoms with Crippen LogP contribution in [0.1, 0.15) is 37.9 Å². The molecule has 3 N–H and O–H groups in total. The summed E-state index contributed by atoms with van der Waals surface area (Å²) >= 11 is 12.0. The first-order chi connectivity index (χ1) is 14.9. The number of thioether (sulfide) groups is 1. The first kappa shape index (κ1) is 22.8. The summed E-state index contributed by atoms with van der Waals surface area (Å²) < 4.78 is 3.55. The Labute approximate surface area is 209 Å².